The minimum Gasteiger partial charge on any atom is -0.384 e. The Morgan fingerprint density at radius 3 is 2.67 bits per heavy atom. The van der Waals surface area contributed by atoms with Crippen LogP contribution < -0.4 is 11.5 Å². The smallest absolute Gasteiger partial charge is 0.129 e. The van der Waals surface area contributed by atoms with Crippen LogP contribution in [0.5, 0.6) is 0 Å². The van der Waals surface area contributed by atoms with Crippen LogP contribution in [-0.2, 0) is 6.42 Å². The Labute approximate surface area is 89.7 Å². The quantitative estimate of drug-likeness (QED) is 0.793. The molecule has 0 radical (unpaired) electrons. The van der Waals surface area contributed by atoms with E-state index in [1.165, 1.54) is 0 Å². The van der Waals surface area contributed by atoms with Crippen molar-refractivity contribution in [3.05, 3.63) is 23.9 Å². The van der Waals surface area contributed by atoms with E-state index in [-0.39, 0.29) is 18.9 Å². The highest BCUT2D eigenvalue weighted by Crippen LogP contribution is 2.26. The van der Waals surface area contributed by atoms with Crippen LogP contribution in [0.2, 0.25) is 0 Å². The molecule has 1 rings (SSSR count). The Hall–Kier alpha value is -1.16. The molecule has 0 aliphatic heterocycles. The number of aromatic nitrogens is 1. The van der Waals surface area contributed by atoms with Crippen LogP contribution >= 0.6 is 0 Å². The van der Waals surface area contributed by atoms with Crippen molar-refractivity contribution in [2.45, 2.75) is 25.9 Å². The van der Waals surface area contributed by atoms with E-state index >= 15 is 0 Å². The topological polar surface area (TPSA) is 64.9 Å². The van der Waals surface area contributed by atoms with E-state index in [1.54, 1.807) is 18.3 Å². The minimum atomic E-state index is -1.37. The number of nitrogens with zero attached hydrogens (tertiary/aromatic N) is 1. The van der Waals surface area contributed by atoms with Gasteiger partial charge in [-0.05, 0) is 23.6 Å². The number of hydrogen-bond donors (Lipinski definition) is 2. The lowest BCUT2D eigenvalue weighted by molar-refractivity contribution is 0.110. The first-order chi connectivity index (χ1) is 6.98. The number of alkyl halides is 1. The van der Waals surface area contributed by atoms with Crippen molar-refractivity contribution >= 4 is 5.82 Å². The van der Waals surface area contributed by atoms with Gasteiger partial charge in [0.15, 0.2) is 0 Å². The second kappa shape index (κ2) is 4.57. The van der Waals surface area contributed by atoms with Crippen LogP contribution in [0, 0.1) is 5.92 Å². The van der Waals surface area contributed by atoms with Crippen molar-refractivity contribution in [1.29, 1.82) is 0 Å². The van der Waals surface area contributed by atoms with Crippen LogP contribution in [0.1, 0.15) is 19.4 Å². The summed E-state index contributed by atoms with van der Waals surface area (Å²) in [6.07, 6.45) is 1.87. The van der Waals surface area contributed by atoms with E-state index in [4.69, 9.17) is 11.5 Å². The second-order valence-electron chi connectivity index (χ2n) is 4.16. The summed E-state index contributed by atoms with van der Waals surface area (Å²) in [5.41, 5.74) is 10.5. The zero-order chi connectivity index (χ0) is 11.5. The molecular weight excluding hydrogens is 193 g/mol. The molecule has 84 valence electrons. The Morgan fingerprint density at radius 1 is 1.53 bits per heavy atom. The van der Waals surface area contributed by atoms with Crippen LogP contribution in [0.15, 0.2) is 18.3 Å². The van der Waals surface area contributed by atoms with Gasteiger partial charge in [-0.3, -0.25) is 0 Å². The molecule has 0 saturated carbocycles. The van der Waals surface area contributed by atoms with Gasteiger partial charge in [0.25, 0.3) is 0 Å². The molecular formula is C11H18FN3. The van der Waals surface area contributed by atoms with Gasteiger partial charge in [0.1, 0.15) is 11.5 Å². The second-order valence-corrected chi connectivity index (χ2v) is 4.16. The molecule has 15 heavy (non-hydrogen) atoms. The van der Waals surface area contributed by atoms with Gasteiger partial charge in [-0.1, -0.05) is 13.8 Å². The number of nitrogens with two attached hydrogens (primary N) is 2. The number of hydrogen-bond acceptors (Lipinski definition) is 3. The van der Waals surface area contributed by atoms with Gasteiger partial charge >= 0.3 is 0 Å². The molecule has 0 aliphatic rings. The zero-order valence-corrected chi connectivity index (χ0v) is 9.20. The Balaban J connectivity index is 2.84. The number of pyridine rings is 1. The van der Waals surface area contributed by atoms with Gasteiger partial charge in [-0.15, -0.1) is 0 Å². The third kappa shape index (κ3) is 2.89. The van der Waals surface area contributed by atoms with Crippen molar-refractivity contribution in [2.24, 2.45) is 11.7 Å². The predicted molar refractivity (Wildman–Crippen MR) is 60.1 cm³/mol. The number of anilines is 1. The maximum atomic E-state index is 14.3. The van der Waals surface area contributed by atoms with Gasteiger partial charge in [0, 0.05) is 19.2 Å². The van der Waals surface area contributed by atoms with Crippen molar-refractivity contribution < 1.29 is 4.39 Å². The number of nitrogen functional groups attached to an aromatic ring is 1. The Morgan fingerprint density at radius 2 is 2.20 bits per heavy atom. The Kier molecular flexibility index (Phi) is 3.63. The molecule has 4 N–H and O–H groups in total. The highest BCUT2D eigenvalue weighted by Gasteiger charge is 2.32. The molecule has 3 nitrogen and oxygen atoms in total. The summed E-state index contributed by atoms with van der Waals surface area (Å²) in [6, 6.07) is 3.45. The first-order valence-electron chi connectivity index (χ1n) is 5.07. The summed E-state index contributed by atoms with van der Waals surface area (Å²) in [6.45, 7) is 3.68. The number of rotatable bonds is 4. The van der Waals surface area contributed by atoms with Gasteiger partial charge in [0.05, 0.1) is 0 Å². The lowest BCUT2D eigenvalue weighted by atomic mass is 9.86. The fraction of sp³-hybridized carbons (Fsp3) is 0.545. The molecule has 0 amide bonds. The summed E-state index contributed by atoms with van der Waals surface area (Å²) in [5.74, 6) is 0.299. The van der Waals surface area contributed by atoms with E-state index in [0.717, 1.165) is 5.56 Å². The summed E-state index contributed by atoms with van der Waals surface area (Å²) in [4.78, 5) is 3.86. The highest BCUT2D eigenvalue weighted by molar-refractivity contribution is 5.32. The summed E-state index contributed by atoms with van der Waals surface area (Å²) in [5, 5.41) is 0. The van der Waals surface area contributed by atoms with E-state index in [2.05, 4.69) is 4.98 Å². The third-order valence-corrected chi connectivity index (χ3v) is 2.72. The molecule has 0 fully saturated rings. The van der Waals surface area contributed by atoms with E-state index in [1.807, 2.05) is 13.8 Å². The molecule has 0 aliphatic carbocycles. The van der Waals surface area contributed by atoms with Crippen molar-refractivity contribution in [1.82, 2.24) is 4.98 Å². The molecule has 0 bridgehead atoms. The largest absolute Gasteiger partial charge is 0.384 e. The fourth-order valence-corrected chi connectivity index (χ4v) is 1.46. The summed E-state index contributed by atoms with van der Waals surface area (Å²) in [7, 11) is 0. The molecule has 1 unspecified atom stereocenters. The molecule has 1 atom stereocenters. The molecule has 0 aromatic carbocycles. The lowest BCUT2D eigenvalue weighted by Gasteiger charge is -2.27. The first-order valence-corrected chi connectivity index (χ1v) is 5.07. The van der Waals surface area contributed by atoms with Crippen LogP contribution in [0.4, 0.5) is 10.2 Å². The van der Waals surface area contributed by atoms with Crippen LogP contribution in [0.25, 0.3) is 0 Å². The first kappa shape index (κ1) is 11.9. The van der Waals surface area contributed by atoms with E-state index in [9.17, 15) is 4.39 Å². The average molecular weight is 211 g/mol. The van der Waals surface area contributed by atoms with Gasteiger partial charge in [-0.2, -0.15) is 0 Å². The Bertz CT molecular complexity index is 327. The van der Waals surface area contributed by atoms with Crippen molar-refractivity contribution in [3.8, 4) is 0 Å². The molecule has 1 heterocycles. The molecule has 1 aromatic rings. The zero-order valence-electron chi connectivity index (χ0n) is 9.20. The average Bonchev–Trinajstić information content (AvgIpc) is 2.17. The van der Waals surface area contributed by atoms with Gasteiger partial charge < -0.3 is 11.5 Å². The van der Waals surface area contributed by atoms with E-state index in [0.29, 0.717) is 5.82 Å². The fourth-order valence-electron chi connectivity index (χ4n) is 1.46. The minimum absolute atomic E-state index is 0.0207. The molecule has 0 spiro atoms. The summed E-state index contributed by atoms with van der Waals surface area (Å²) < 4.78 is 14.3. The van der Waals surface area contributed by atoms with Crippen molar-refractivity contribution in [2.75, 3.05) is 12.3 Å². The maximum Gasteiger partial charge on any atom is 0.129 e. The molecule has 1 aromatic heterocycles. The third-order valence-electron chi connectivity index (χ3n) is 2.72. The number of halogens is 1. The van der Waals surface area contributed by atoms with Crippen LogP contribution in [0.3, 0.4) is 0 Å². The molecule has 4 heteroatoms. The SMILES string of the molecule is CC(C)C(F)(CN)Cc1ccnc(N)c1. The maximum absolute atomic E-state index is 14.3. The van der Waals surface area contributed by atoms with Crippen molar-refractivity contribution in [3.63, 3.8) is 0 Å². The lowest BCUT2D eigenvalue weighted by Crippen LogP contribution is -2.40. The normalized spacial score (nSPS) is 15.3. The van der Waals surface area contributed by atoms with E-state index < -0.39 is 5.67 Å². The monoisotopic (exact) mass is 211 g/mol. The van der Waals surface area contributed by atoms with Gasteiger partial charge in [0.2, 0.25) is 0 Å². The van der Waals surface area contributed by atoms with Gasteiger partial charge in [-0.25, -0.2) is 9.37 Å². The van der Waals surface area contributed by atoms with Crippen LogP contribution in [-0.4, -0.2) is 17.2 Å². The molecule has 0 saturated heterocycles. The standard InChI is InChI=1S/C11H18FN3/c1-8(2)11(12,7-13)6-9-3-4-15-10(14)5-9/h3-5,8H,6-7,13H2,1-2H3,(H2,14,15). The predicted octanol–water partition coefficient (Wildman–Crippen LogP) is 1.53. The summed E-state index contributed by atoms with van der Waals surface area (Å²) >= 11 is 0. The highest BCUT2D eigenvalue weighted by atomic mass is 19.1.